The lowest BCUT2D eigenvalue weighted by Crippen LogP contribution is -2.32. The first-order valence-corrected chi connectivity index (χ1v) is 6.92. The van der Waals surface area contributed by atoms with Crippen molar-refractivity contribution in [3.05, 3.63) is 29.3 Å². The number of unbranched alkanes of at least 4 members (excludes halogenated alkanes) is 3. The van der Waals surface area contributed by atoms with E-state index in [-0.39, 0.29) is 0 Å². The second-order valence-corrected chi connectivity index (χ2v) is 5.32. The number of nitrogens with zero attached hydrogens (tertiary/aromatic N) is 1. The smallest absolute Gasteiger partial charge is 0.122 e. The Bertz CT molecular complexity index is 394. The molecule has 0 aliphatic rings. The van der Waals surface area contributed by atoms with Crippen LogP contribution in [0.5, 0.6) is 0 Å². The van der Waals surface area contributed by atoms with Crippen LogP contribution in [-0.2, 0) is 0 Å². The molecule has 0 aromatic heterocycles. The summed E-state index contributed by atoms with van der Waals surface area (Å²) < 4.78 is 0. The van der Waals surface area contributed by atoms with E-state index >= 15 is 0 Å². The van der Waals surface area contributed by atoms with Crippen molar-refractivity contribution in [3.63, 3.8) is 0 Å². The zero-order valence-electron chi connectivity index (χ0n) is 11.2. The normalized spacial score (nSPS) is 13.7. The third-order valence-corrected chi connectivity index (χ3v) is 3.29. The Labute approximate surface area is 115 Å². The first kappa shape index (κ1) is 14.9. The Balaban J connectivity index is 2.54. The van der Waals surface area contributed by atoms with E-state index < -0.39 is 5.54 Å². The fourth-order valence-electron chi connectivity index (χ4n) is 1.90. The minimum atomic E-state index is -0.498. The molecule has 1 N–H and O–H groups in total. The monoisotopic (exact) mass is 264 g/mol. The number of anilines is 1. The number of rotatable bonds is 7. The summed E-state index contributed by atoms with van der Waals surface area (Å²) in [5.74, 6) is 0. The maximum atomic E-state index is 9.32. The largest absolute Gasteiger partial charge is 0.368 e. The predicted octanol–water partition coefficient (Wildman–Crippen LogP) is 5.00. The third-order valence-electron chi connectivity index (χ3n) is 3.04. The molecule has 98 valence electrons. The molecule has 18 heavy (non-hydrogen) atoms. The molecule has 1 atom stereocenters. The van der Waals surface area contributed by atoms with Gasteiger partial charge in [0.15, 0.2) is 0 Å². The summed E-state index contributed by atoms with van der Waals surface area (Å²) in [5, 5.41) is 13.3. The predicted molar refractivity (Wildman–Crippen MR) is 77.9 cm³/mol. The summed E-state index contributed by atoms with van der Waals surface area (Å²) in [4.78, 5) is 0. The van der Waals surface area contributed by atoms with E-state index in [1.807, 2.05) is 31.2 Å². The molecule has 0 saturated carbocycles. The van der Waals surface area contributed by atoms with Crippen LogP contribution in [0.2, 0.25) is 5.02 Å². The average Bonchev–Trinajstić information content (AvgIpc) is 2.38. The van der Waals surface area contributed by atoms with E-state index in [0.29, 0.717) is 5.02 Å². The molecule has 0 radical (unpaired) electrons. The highest BCUT2D eigenvalue weighted by molar-refractivity contribution is 6.30. The fraction of sp³-hybridized carbons (Fsp3) is 0.533. The van der Waals surface area contributed by atoms with Gasteiger partial charge in [-0.1, -0.05) is 44.2 Å². The van der Waals surface area contributed by atoms with Crippen LogP contribution in [0.3, 0.4) is 0 Å². The van der Waals surface area contributed by atoms with Gasteiger partial charge < -0.3 is 5.32 Å². The van der Waals surface area contributed by atoms with E-state index in [2.05, 4.69) is 18.3 Å². The standard InChI is InChI=1S/C15H21ClN2/c1-3-4-5-6-11-15(2,12-17)18-14-9-7-13(16)8-10-14/h7-10,18H,3-6,11H2,1-2H3. The average molecular weight is 265 g/mol. The molecule has 0 aliphatic heterocycles. The van der Waals surface area contributed by atoms with Gasteiger partial charge in [0.05, 0.1) is 6.07 Å². The first-order chi connectivity index (χ1) is 8.59. The van der Waals surface area contributed by atoms with Gasteiger partial charge in [-0.2, -0.15) is 5.26 Å². The number of nitriles is 1. The number of benzene rings is 1. The number of hydrogen-bond acceptors (Lipinski definition) is 2. The molecule has 0 saturated heterocycles. The summed E-state index contributed by atoms with van der Waals surface area (Å²) in [6, 6.07) is 9.85. The Morgan fingerprint density at radius 3 is 2.44 bits per heavy atom. The van der Waals surface area contributed by atoms with Crippen LogP contribution in [-0.4, -0.2) is 5.54 Å². The van der Waals surface area contributed by atoms with E-state index in [1.54, 1.807) is 0 Å². The van der Waals surface area contributed by atoms with Gasteiger partial charge >= 0.3 is 0 Å². The molecule has 1 unspecified atom stereocenters. The highest BCUT2D eigenvalue weighted by atomic mass is 35.5. The molecule has 0 bridgehead atoms. The highest BCUT2D eigenvalue weighted by Gasteiger charge is 2.22. The Morgan fingerprint density at radius 2 is 1.89 bits per heavy atom. The van der Waals surface area contributed by atoms with Gasteiger partial charge in [0.2, 0.25) is 0 Å². The Hall–Kier alpha value is -1.20. The minimum absolute atomic E-state index is 0.498. The van der Waals surface area contributed by atoms with Crippen LogP contribution in [0.15, 0.2) is 24.3 Å². The van der Waals surface area contributed by atoms with Gasteiger partial charge in [-0.3, -0.25) is 0 Å². The summed E-state index contributed by atoms with van der Waals surface area (Å²) in [6.07, 6.45) is 5.59. The summed E-state index contributed by atoms with van der Waals surface area (Å²) >= 11 is 5.84. The van der Waals surface area contributed by atoms with Crippen LogP contribution < -0.4 is 5.32 Å². The highest BCUT2D eigenvalue weighted by Crippen LogP contribution is 2.22. The van der Waals surface area contributed by atoms with E-state index in [4.69, 9.17) is 11.6 Å². The third kappa shape index (κ3) is 4.98. The zero-order valence-corrected chi connectivity index (χ0v) is 11.9. The Kier molecular flexibility index (Phi) is 6.01. The number of hydrogen-bond donors (Lipinski definition) is 1. The molecular weight excluding hydrogens is 244 g/mol. The van der Waals surface area contributed by atoms with Gasteiger partial charge in [-0.15, -0.1) is 0 Å². The summed E-state index contributed by atoms with van der Waals surface area (Å²) in [6.45, 7) is 4.14. The number of halogens is 1. The molecule has 0 fully saturated rings. The van der Waals surface area contributed by atoms with Crippen LogP contribution in [0.4, 0.5) is 5.69 Å². The summed E-state index contributed by atoms with van der Waals surface area (Å²) in [7, 11) is 0. The van der Waals surface area contributed by atoms with Crippen molar-refractivity contribution >= 4 is 17.3 Å². The topological polar surface area (TPSA) is 35.8 Å². The molecule has 1 rings (SSSR count). The van der Waals surface area contributed by atoms with E-state index in [0.717, 1.165) is 18.5 Å². The molecule has 1 aromatic carbocycles. The zero-order chi connectivity index (χ0) is 13.4. The van der Waals surface area contributed by atoms with Crippen molar-refractivity contribution in [1.29, 1.82) is 5.26 Å². The SMILES string of the molecule is CCCCCCC(C)(C#N)Nc1ccc(Cl)cc1. The van der Waals surface area contributed by atoms with Gasteiger partial charge in [0, 0.05) is 10.7 Å². The molecule has 0 spiro atoms. The van der Waals surface area contributed by atoms with Gasteiger partial charge in [0.25, 0.3) is 0 Å². The Morgan fingerprint density at radius 1 is 1.22 bits per heavy atom. The fourth-order valence-corrected chi connectivity index (χ4v) is 2.03. The minimum Gasteiger partial charge on any atom is -0.368 e. The van der Waals surface area contributed by atoms with Crippen molar-refractivity contribution in [2.45, 2.75) is 51.5 Å². The van der Waals surface area contributed by atoms with Crippen molar-refractivity contribution in [2.24, 2.45) is 0 Å². The van der Waals surface area contributed by atoms with Crippen molar-refractivity contribution in [3.8, 4) is 6.07 Å². The maximum absolute atomic E-state index is 9.32. The van der Waals surface area contributed by atoms with Crippen molar-refractivity contribution < 1.29 is 0 Å². The second-order valence-electron chi connectivity index (χ2n) is 4.89. The van der Waals surface area contributed by atoms with Crippen LogP contribution in [0.25, 0.3) is 0 Å². The van der Waals surface area contributed by atoms with Gasteiger partial charge in [0.1, 0.15) is 5.54 Å². The first-order valence-electron chi connectivity index (χ1n) is 6.54. The quantitative estimate of drug-likeness (QED) is 0.703. The van der Waals surface area contributed by atoms with Crippen molar-refractivity contribution in [1.82, 2.24) is 0 Å². The number of nitrogens with one attached hydrogen (secondary N) is 1. The van der Waals surface area contributed by atoms with E-state index in [9.17, 15) is 5.26 Å². The molecule has 2 nitrogen and oxygen atoms in total. The van der Waals surface area contributed by atoms with Crippen LogP contribution >= 0.6 is 11.6 Å². The molecule has 0 amide bonds. The molecule has 0 aliphatic carbocycles. The van der Waals surface area contributed by atoms with Crippen LogP contribution in [0, 0.1) is 11.3 Å². The maximum Gasteiger partial charge on any atom is 0.122 e. The van der Waals surface area contributed by atoms with Gasteiger partial charge in [-0.05, 0) is 37.6 Å². The van der Waals surface area contributed by atoms with E-state index in [1.165, 1.54) is 19.3 Å². The lowest BCUT2D eigenvalue weighted by Gasteiger charge is -2.24. The lowest BCUT2D eigenvalue weighted by molar-refractivity contribution is 0.528. The van der Waals surface area contributed by atoms with Gasteiger partial charge in [-0.25, -0.2) is 0 Å². The molecule has 1 aromatic rings. The van der Waals surface area contributed by atoms with Crippen LogP contribution in [0.1, 0.15) is 46.0 Å². The molecule has 3 heteroatoms. The molecule has 0 heterocycles. The van der Waals surface area contributed by atoms with Crippen molar-refractivity contribution in [2.75, 3.05) is 5.32 Å². The second kappa shape index (κ2) is 7.28. The molecular formula is C15H21ClN2. The lowest BCUT2D eigenvalue weighted by atomic mass is 9.95. The summed E-state index contributed by atoms with van der Waals surface area (Å²) in [5.41, 5.74) is 0.445.